The molecule has 0 aliphatic carbocycles. The molecule has 0 spiro atoms. The highest BCUT2D eigenvalue weighted by molar-refractivity contribution is 5.08. The lowest BCUT2D eigenvalue weighted by Gasteiger charge is -2.23. The third kappa shape index (κ3) is 1.84. The standard InChI is InChI=1S/C8H15N3O/c1-8(2,9)7(12)6-4-5-11(3)10-6/h4-5,7,12H,9H2,1-3H3. The maximum atomic E-state index is 9.67. The first-order valence-electron chi connectivity index (χ1n) is 3.88. The van der Waals surface area contributed by atoms with Crippen molar-refractivity contribution >= 4 is 0 Å². The average molecular weight is 169 g/mol. The highest BCUT2D eigenvalue weighted by atomic mass is 16.3. The van der Waals surface area contributed by atoms with Crippen molar-refractivity contribution in [3.8, 4) is 0 Å². The second-order valence-corrected chi connectivity index (χ2v) is 3.64. The zero-order valence-corrected chi connectivity index (χ0v) is 7.65. The minimum atomic E-state index is -0.710. The van der Waals surface area contributed by atoms with E-state index in [4.69, 9.17) is 5.73 Å². The highest BCUT2D eigenvalue weighted by Gasteiger charge is 2.25. The quantitative estimate of drug-likeness (QED) is 0.664. The Morgan fingerprint density at radius 2 is 2.25 bits per heavy atom. The molecule has 0 aliphatic heterocycles. The van der Waals surface area contributed by atoms with Gasteiger partial charge in [0.15, 0.2) is 0 Å². The summed E-state index contributed by atoms with van der Waals surface area (Å²) in [6, 6.07) is 1.76. The second kappa shape index (κ2) is 2.88. The summed E-state index contributed by atoms with van der Waals surface area (Å²) in [5, 5.41) is 13.7. The van der Waals surface area contributed by atoms with Crippen LogP contribution >= 0.6 is 0 Å². The van der Waals surface area contributed by atoms with Gasteiger partial charge >= 0.3 is 0 Å². The summed E-state index contributed by atoms with van der Waals surface area (Å²) in [6.45, 7) is 3.54. The van der Waals surface area contributed by atoms with Crippen LogP contribution in [0.25, 0.3) is 0 Å². The number of aromatic nitrogens is 2. The molecule has 1 aromatic heterocycles. The lowest BCUT2D eigenvalue weighted by molar-refractivity contribution is 0.0998. The van der Waals surface area contributed by atoms with Crippen molar-refractivity contribution in [3.05, 3.63) is 18.0 Å². The van der Waals surface area contributed by atoms with Gasteiger partial charge in [-0.25, -0.2) is 0 Å². The SMILES string of the molecule is Cn1ccc(C(O)C(C)(C)N)n1. The van der Waals surface area contributed by atoms with E-state index >= 15 is 0 Å². The van der Waals surface area contributed by atoms with Gasteiger partial charge in [-0.1, -0.05) is 0 Å². The minimum Gasteiger partial charge on any atom is -0.385 e. The molecule has 0 fully saturated rings. The van der Waals surface area contributed by atoms with E-state index in [1.165, 1.54) is 0 Å². The summed E-state index contributed by atoms with van der Waals surface area (Å²) in [4.78, 5) is 0. The number of aryl methyl sites for hydroxylation is 1. The van der Waals surface area contributed by atoms with Crippen LogP contribution in [-0.4, -0.2) is 20.4 Å². The molecule has 3 N–H and O–H groups in total. The van der Waals surface area contributed by atoms with Crippen LogP contribution in [-0.2, 0) is 7.05 Å². The van der Waals surface area contributed by atoms with Gasteiger partial charge in [0.1, 0.15) is 6.10 Å². The first-order valence-corrected chi connectivity index (χ1v) is 3.88. The second-order valence-electron chi connectivity index (χ2n) is 3.64. The number of rotatable bonds is 2. The fraction of sp³-hybridized carbons (Fsp3) is 0.625. The summed E-state index contributed by atoms with van der Waals surface area (Å²) in [5.41, 5.74) is 5.69. The van der Waals surface area contributed by atoms with Gasteiger partial charge in [-0.2, -0.15) is 5.10 Å². The van der Waals surface area contributed by atoms with Gasteiger partial charge in [-0.15, -0.1) is 0 Å². The van der Waals surface area contributed by atoms with Gasteiger partial charge in [0.05, 0.1) is 5.69 Å². The number of aliphatic hydroxyl groups is 1. The molecule has 0 bridgehead atoms. The number of aliphatic hydroxyl groups excluding tert-OH is 1. The van der Waals surface area contributed by atoms with E-state index < -0.39 is 11.6 Å². The minimum absolute atomic E-state index is 0.616. The van der Waals surface area contributed by atoms with Crippen LogP contribution in [0.2, 0.25) is 0 Å². The molecular formula is C8H15N3O. The van der Waals surface area contributed by atoms with Crippen molar-refractivity contribution < 1.29 is 5.11 Å². The first kappa shape index (κ1) is 9.22. The van der Waals surface area contributed by atoms with E-state index in [2.05, 4.69) is 5.10 Å². The Hall–Kier alpha value is -0.870. The predicted molar refractivity (Wildman–Crippen MR) is 46.4 cm³/mol. The number of hydrogen-bond acceptors (Lipinski definition) is 3. The highest BCUT2D eigenvalue weighted by Crippen LogP contribution is 2.20. The largest absolute Gasteiger partial charge is 0.385 e. The lowest BCUT2D eigenvalue weighted by Crippen LogP contribution is -2.39. The van der Waals surface area contributed by atoms with Crippen LogP contribution in [0.4, 0.5) is 0 Å². The fourth-order valence-corrected chi connectivity index (χ4v) is 0.960. The van der Waals surface area contributed by atoms with Crippen molar-refractivity contribution in [2.24, 2.45) is 12.8 Å². The molecule has 0 radical (unpaired) electrons. The van der Waals surface area contributed by atoms with E-state index in [-0.39, 0.29) is 0 Å². The average Bonchev–Trinajstić information content (AvgIpc) is 2.32. The maximum Gasteiger partial charge on any atom is 0.115 e. The Morgan fingerprint density at radius 1 is 1.67 bits per heavy atom. The van der Waals surface area contributed by atoms with Crippen LogP contribution in [0.5, 0.6) is 0 Å². The van der Waals surface area contributed by atoms with Gasteiger partial charge in [-0.05, 0) is 19.9 Å². The third-order valence-corrected chi connectivity index (χ3v) is 1.72. The molecule has 1 atom stereocenters. The molecule has 1 aromatic rings. The molecular weight excluding hydrogens is 154 g/mol. The Balaban J connectivity index is 2.85. The molecule has 4 heteroatoms. The van der Waals surface area contributed by atoms with Crippen molar-refractivity contribution in [2.45, 2.75) is 25.5 Å². The predicted octanol–water partition coefficient (Wildman–Crippen LogP) is 0.191. The molecule has 4 nitrogen and oxygen atoms in total. The molecule has 1 unspecified atom stereocenters. The molecule has 68 valence electrons. The molecule has 0 amide bonds. The zero-order valence-electron chi connectivity index (χ0n) is 7.65. The van der Waals surface area contributed by atoms with Crippen molar-refractivity contribution in [1.29, 1.82) is 0 Å². The summed E-state index contributed by atoms with van der Waals surface area (Å²) >= 11 is 0. The zero-order chi connectivity index (χ0) is 9.35. The van der Waals surface area contributed by atoms with Crippen molar-refractivity contribution in [3.63, 3.8) is 0 Å². The normalized spacial score (nSPS) is 14.8. The fourth-order valence-electron chi connectivity index (χ4n) is 0.960. The monoisotopic (exact) mass is 169 g/mol. The number of nitrogens with zero attached hydrogens (tertiary/aromatic N) is 2. The number of hydrogen-bond donors (Lipinski definition) is 2. The molecule has 0 saturated heterocycles. The Bertz CT molecular complexity index is 262. The third-order valence-electron chi connectivity index (χ3n) is 1.72. The van der Waals surface area contributed by atoms with Gasteiger partial charge in [-0.3, -0.25) is 4.68 Å². The molecule has 1 rings (SSSR count). The van der Waals surface area contributed by atoms with Crippen molar-refractivity contribution in [2.75, 3.05) is 0 Å². The topological polar surface area (TPSA) is 64.1 Å². The first-order chi connectivity index (χ1) is 5.41. The van der Waals surface area contributed by atoms with E-state index in [0.717, 1.165) is 0 Å². The Morgan fingerprint density at radius 3 is 2.58 bits per heavy atom. The van der Waals surface area contributed by atoms with Crippen LogP contribution in [0.3, 0.4) is 0 Å². The maximum absolute atomic E-state index is 9.67. The van der Waals surface area contributed by atoms with Crippen LogP contribution in [0, 0.1) is 0 Å². The summed E-state index contributed by atoms with van der Waals surface area (Å²) < 4.78 is 1.64. The molecule has 0 saturated carbocycles. The van der Waals surface area contributed by atoms with E-state index in [0.29, 0.717) is 5.69 Å². The van der Waals surface area contributed by atoms with E-state index in [9.17, 15) is 5.11 Å². The molecule has 0 aliphatic rings. The molecule has 0 aromatic carbocycles. The number of nitrogens with two attached hydrogens (primary N) is 1. The summed E-state index contributed by atoms with van der Waals surface area (Å²) in [5.74, 6) is 0. The van der Waals surface area contributed by atoms with E-state index in [1.807, 2.05) is 0 Å². The smallest absolute Gasteiger partial charge is 0.115 e. The van der Waals surface area contributed by atoms with Gasteiger partial charge in [0, 0.05) is 18.8 Å². The van der Waals surface area contributed by atoms with Gasteiger partial charge < -0.3 is 10.8 Å². The lowest BCUT2D eigenvalue weighted by atomic mass is 9.96. The molecule has 1 heterocycles. The van der Waals surface area contributed by atoms with Gasteiger partial charge in [0.2, 0.25) is 0 Å². The summed E-state index contributed by atoms with van der Waals surface area (Å²) in [7, 11) is 1.81. The summed E-state index contributed by atoms with van der Waals surface area (Å²) in [6.07, 6.45) is 1.07. The molecule has 12 heavy (non-hydrogen) atoms. The van der Waals surface area contributed by atoms with Crippen molar-refractivity contribution in [1.82, 2.24) is 9.78 Å². The van der Waals surface area contributed by atoms with Crippen LogP contribution in [0.1, 0.15) is 25.6 Å². The Labute approximate surface area is 72.0 Å². The van der Waals surface area contributed by atoms with Crippen LogP contribution in [0.15, 0.2) is 12.3 Å². The van der Waals surface area contributed by atoms with Gasteiger partial charge in [0.25, 0.3) is 0 Å². The Kier molecular flexibility index (Phi) is 2.21. The van der Waals surface area contributed by atoms with Crippen LogP contribution < -0.4 is 5.73 Å². The van der Waals surface area contributed by atoms with E-state index in [1.54, 1.807) is 37.8 Å².